The summed E-state index contributed by atoms with van der Waals surface area (Å²) in [5, 5.41) is 16.7. The topological polar surface area (TPSA) is 139 Å². The number of ether oxygens (including phenoxy) is 5. The van der Waals surface area contributed by atoms with Gasteiger partial charge in [-0.2, -0.15) is 0 Å². The maximum Gasteiger partial charge on any atom is 0.265 e. The SMILES string of the molecule is COC(OC)c1cc(OCc2ccccc2)c2c(c1OC(C)C)C[C@H]1C[C@H]3[C@H](N(C)C)c4onc(OCc5ccccc5)c4C(=O)C3(O[Si](C)(C)C(C)(C)C)C(=O)C1=C2O. The van der Waals surface area contributed by atoms with Crippen LogP contribution in [0.5, 0.6) is 17.4 Å². The highest BCUT2D eigenvalue weighted by molar-refractivity contribution is 6.74. The van der Waals surface area contributed by atoms with E-state index in [0.29, 0.717) is 33.9 Å². The number of aliphatic hydroxyl groups is 1. The molecule has 3 aliphatic carbocycles. The summed E-state index contributed by atoms with van der Waals surface area (Å²) >= 11 is 0. The predicted molar refractivity (Wildman–Crippen MR) is 229 cm³/mol. The lowest BCUT2D eigenvalue weighted by Gasteiger charge is -2.55. The Morgan fingerprint density at radius 3 is 2.07 bits per heavy atom. The normalized spacial score (nSPS) is 21.5. The van der Waals surface area contributed by atoms with E-state index in [-0.39, 0.29) is 54.9 Å². The molecule has 0 radical (unpaired) electrons. The van der Waals surface area contributed by atoms with Crippen LogP contribution in [0.25, 0.3) is 5.76 Å². The van der Waals surface area contributed by atoms with Crippen molar-refractivity contribution < 1.29 is 47.3 Å². The summed E-state index contributed by atoms with van der Waals surface area (Å²) in [6.07, 6.45) is -0.515. The second kappa shape index (κ2) is 16.6. The van der Waals surface area contributed by atoms with Crippen LogP contribution < -0.4 is 14.2 Å². The quantitative estimate of drug-likeness (QED) is 0.0736. The fraction of sp³-hybridized carbons (Fsp3) is 0.468. The number of ketones is 2. The van der Waals surface area contributed by atoms with Crippen molar-refractivity contribution in [3.63, 3.8) is 0 Å². The summed E-state index contributed by atoms with van der Waals surface area (Å²) in [6.45, 7) is 14.4. The van der Waals surface area contributed by atoms with E-state index >= 15 is 9.59 Å². The van der Waals surface area contributed by atoms with Gasteiger partial charge in [0.25, 0.3) is 5.88 Å². The van der Waals surface area contributed by atoms with Crippen LogP contribution in [0.15, 0.2) is 76.8 Å². The number of rotatable bonds is 14. The molecule has 1 fully saturated rings. The number of methoxy groups -OCH3 is 2. The first kappa shape index (κ1) is 43.3. The van der Waals surface area contributed by atoms with Crippen LogP contribution in [0.2, 0.25) is 18.1 Å². The van der Waals surface area contributed by atoms with Gasteiger partial charge in [-0.3, -0.25) is 14.5 Å². The van der Waals surface area contributed by atoms with E-state index in [2.05, 4.69) is 25.9 Å². The Labute approximate surface area is 353 Å². The van der Waals surface area contributed by atoms with Crippen LogP contribution >= 0.6 is 0 Å². The number of hydrogen-bond acceptors (Lipinski definition) is 12. The van der Waals surface area contributed by atoms with E-state index in [1.54, 1.807) is 20.3 Å². The first-order valence-corrected chi connectivity index (χ1v) is 23.5. The van der Waals surface area contributed by atoms with E-state index in [9.17, 15) is 5.11 Å². The van der Waals surface area contributed by atoms with E-state index in [1.807, 2.05) is 107 Å². The third-order valence-electron chi connectivity index (χ3n) is 12.5. The lowest BCUT2D eigenvalue weighted by atomic mass is 9.57. The molecule has 1 N–H and O–H groups in total. The zero-order valence-corrected chi connectivity index (χ0v) is 37.6. The number of Topliss-reactive ketones (excluding diaryl/α,β-unsaturated/α-hetero) is 2. The van der Waals surface area contributed by atoms with E-state index in [1.165, 1.54) is 0 Å². The molecule has 13 heteroatoms. The van der Waals surface area contributed by atoms with Crippen molar-refractivity contribution >= 4 is 25.6 Å². The maximum atomic E-state index is 16.0. The number of benzene rings is 3. The zero-order chi connectivity index (χ0) is 43.3. The van der Waals surface area contributed by atoms with Crippen molar-refractivity contribution in [2.75, 3.05) is 28.3 Å². The van der Waals surface area contributed by atoms with Gasteiger partial charge >= 0.3 is 0 Å². The molecule has 60 heavy (non-hydrogen) atoms. The number of hydrogen-bond donors (Lipinski definition) is 1. The number of nitrogens with zero attached hydrogens (tertiary/aromatic N) is 2. The van der Waals surface area contributed by atoms with Crippen molar-refractivity contribution in [3.8, 4) is 17.4 Å². The lowest BCUT2D eigenvalue weighted by molar-refractivity contribution is -0.140. The van der Waals surface area contributed by atoms with Gasteiger partial charge in [0.05, 0.1) is 23.3 Å². The van der Waals surface area contributed by atoms with Crippen LogP contribution in [-0.2, 0) is 38.3 Å². The van der Waals surface area contributed by atoms with Crippen molar-refractivity contribution in [3.05, 3.63) is 111 Å². The van der Waals surface area contributed by atoms with E-state index < -0.39 is 54.7 Å². The van der Waals surface area contributed by atoms with Crippen molar-refractivity contribution in [1.82, 2.24) is 10.1 Å². The van der Waals surface area contributed by atoms with Crippen LogP contribution in [0.4, 0.5) is 0 Å². The molecule has 320 valence electrons. The first-order chi connectivity index (χ1) is 28.4. The second-order valence-corrected chi connectivity index (χ2v) is 22.8. The molecule has 0 bridgehead atoms. The number of carbonyl (C=O) groups is 2. The fourth-order valence-corrected chi connectivity index (χ4v) is 10.2. The van der Waals surface area contributed by atoms with Gasteiger partial charge in [0.1, 0.15) is 36.0 Å². The van der Waals surface area contributed by atoms with Gasteiger partial charge in [0, 0.05) is 31.3 Å². The van der Waals surface area contributed by atoms with Crippen molar-refractivity contribution in [2.45, 2.75) is 103 Å². The average Bonchev–Trinajstić information content (AvgIpc) is 3.62. The summed E-state index contributed by atoms with van der Waals surface area (Å²) in [6, 6.07) is 20.4. The van der Waals surface area contributed by atoms with Gasteiger partial charge in [0.15, 0.2) is 26.0 Å². The molecule has 0 spiro atoms. The number of carbonyl (C=O) groups excluding carboxylic acids is 2. The highest BCUT2D eigenvalue weighted by atomic mass is 28.4. The van der Waals surface area contributed by atoms with Gasteiger partial charge in [-0.05, 0) is 87.2 Å². The number of fused-ring (bicyclic) bond motifs is 4. The first-order valence-electron chi connectivity index (χ1n) is 20.6. The molecule has 4 atom stereocenters. The van der Waals surface area contributed by atoms with Crippen LogP contribution in [0.1, 0.15) is 97.3 Å². The molecule has 7 rings (SSSR count). The third-order valence-corrected chi connectivity index (χ3v) is 17.0. The molecular formula is C47H58N2O10Si. The molecule has 12 nitrogen and oxygen atoms in total. The molecular weight excluding hydrogens is 781 g/mol. The van der Waals surface area contributed by atoms with E-state index in [0.717, 1.165) is 11.1 Å². The molecule has 3 aliphatic rings. The number of aliphatic hydroxyl groups excluding tert-OH is 1. The zero-order valence-electron chi connectivity index (χ0n) is 36.6. The molecule has 1 saturated carbocycles. The van der Waals surface area contributed by atoms with Crippen molar-refractivity contribution in [1.29, 1.82) is 0 Å². The molecule has 1 heterocycles. The molecule has 4 aromatic rings. The third kappa shape index (κ3) is 7.48. The van der Waals surface area contributed by atoms with Gasteiger partial charge in [-0.1, -0.05) is 81.4 Å². The maximum absolute atomic E-state index is 16.0. The van der Waals surface area contributed by atoms with Crippen LogP contribution in [-0.4, -0.2) is 75.1 Å². The smallest absolute Gasteiger partial charge is 0.265 e. The molecule has 1 aromatic heterocycles. The summed E-state index contributed by atoms with van der Waals surface area (Å²) in [7, 11) is 3.94. The monoisotopic (exact) mass is 838 g/mol. The minimum absolute atomic E-state index is 0.00471. The molecule has 1 unspecified atom stereocenters. The minimum atomic E-state index is -2.94. The van der Waals surface area contributed by atoms with Crippen LogP contribution in [0.3, 0.4) is 0 Å². The van der Waals surface area contributed by atoms with E-state index in [4.69, 9.17) is 32.6 Å². The predicted octanol–water partition coefficient (Wildman–Crippen LogP) is 9.20. The van der Waals surface area contributed by atoms with Gasteiger partial charge in [-0.25, -0.2) is 0 Å². The Kier molecular flexibility index (Phi) is 12.0. The summed E-state index contributed by atoms with van der Waals surface area (Å²) in [5.74, 6) is -1.60. The minimum Gasteiger partial charge on any atom is -0.507 e. The Balaban J connectivity index is 1.46. The standard InChI is InChI=1S/C47H58N2O10Si/c1-27(2)57-40-31-22-30-23-33-38(49(6)7)41-37(44(48-58-41)56-26-29-20-16-13-17-21-29)43(52)47(33,59-60(10,11)46(3,4)5)42(51)35(30)39(50)36(31)34(24-32(40)45(53-8)54-9)55-25-28-18-14-12-15-19-28/h12-21,24,27,30,33,38,45,50H,22-23,25-26H2,1-11H3/t30-,33-,38-,47?/m0/s1. The number of aromatic nitrogens is 1. The van der Waals surface area contributed by atoms with Gasteiger partial charge in [-0.15, -0.1) is 0 Å². The summed E-state index contributed by atoms with van der Waals surface area (Å²) < 4.78 is 44.3. The van der Waals surface area contributed by atoms with Crippen LogP contribution in [0, 0.1) is 11.8 Å². The Hall–Kier alpha value is -4.79. The molecule has 0 amide bonds. The lowest BCUT2D eigenvalue weighted by Crippen LogP contribution is -2.68. The van der Waals surface area contributed by atoms with Crippen molar-refractivity contribution in [2.24, 2.45) is 11.8 Å². The second-order valence-electron chi connectivity index (χ2n) is 18.1. The molecule has 3 aromatic carbocycles. The largest absolute Gasteiger partial charge is 0.507 e. The molecule has 0 aliphatic heterocycles. The fourth-order valence-electron chi connectivity index (χ4n) is 8.76. The highest BCUT2D eigenvalue weighted by Gasteiger charge is 2.69. The van der Waals surface area contributed by atoms with Gasteiger partial charge in [0.2, 0.25) is 11.6 Å². The highest BCUT2D eigenvalue weighted by Crippen LogP contribution is 2.60. The van der Waals surface area contributed by atoms with Gasteiger partial charge < -0.3 is 37.7 Å². The molecule has 0 saturated heterocycles. The average molecular weight is 839 g/mol. The Morgan fingerprint density at radius 2 is 1.52 bits per heavy atom. The Morgan fingerprint density at radius 1 is 0.917 bits per heavy atom. The summed E-state index contributed by atoms with van der Waals surface area (Å²) in [4.78, 5) is 33.6. The Bertz CT molecular complexity index is 2260. The summed E-state index contributed by atoms with van der Waals surface area (Å²) in [5.41, 5.74) is 1.49.